The van der Waals surface area contributed by atoms with Crippen molar-refractivity contribution < 1.29 is 0 Å². The second-order valence-electron chi connectivity index (χ2n) is 10.8. The molecule has 0 radical (unpaired) electrons. The summed E-state index contributed by atoms with van der Waals surface area (Å²) in [5, 5.41) is 0. The predicted octanol–water partition coefficient (Wildman–Crippen LogP) is 8.66. The van der Waals surface area contributed by atoms with E-state index in [1.54, 1.807) is 0 Å². The van der Waals surface area contributed by atoms with Crippen LogP contribution in [0.15, 0.2) is 18.2 Å². The molecule has 6 rings (SSSR count). The van der Waals surface area contributed by atoms with Crippen molar-refractivity contribution in [2.75, 3.05) is 0 Å². The number of allylic oxidation sites excluding steroid dienone is 4. The van der Waals surface area contributed by atoms with Gasteiger partial charge in [-0.2, -0.15) is 0 Å². The highest BCUT2D eigenvalue weighted by Gasteiger charge is 2.28. The summed E-state index contributed by atoms with van der Waals surface area (Å²) in [7, 11) is 0. The fourth-order valence-electron chi connectivity index (χ4n) is 6.74. The zero-order valence-corrected chi connectivity index (χ0v) is 23.4. The molecule has 0 aromatic carbocycles. The molecule has 4 heteroatoms. The molecule has 3 aromatic rings. The molecule has 4 nitrogen and oxygen atoms in total. The van der Waals surface area contributed by atoms with Gasteiger partial charge in [-0.25, -0.2) is 9.97 Å². The van der Waals surface area contributed by atoms with Crippen molar-refractivity contribution in [1.29, 1.82) is 0 Å². The van der Waals surface area contributed by atoms with Crippen LogP contribution in [-0.4, -0.2) is 19.9 Å². The van der Waals surface area contributed by atoms with Crippen LogP contribution in [0.3, 0.4) is 0 Å². The molecule has 5 heterocycles. The van der Waals surface area contributed by atoms with Gasteiger partial charge in [-0.15, -0.1) is 0 Å². The van der Waals surface area contributed by atoms with Crippen molar-refractivity contribution in [1.82, 2.24) is 19.9 Å². The lowest BCUT2D eigenvalue weighted by Crippen LogP contribution is -2.04. The predicted molar refractivity (Wildman–Crippen MR) is 157 cm³/mol. The van der Waals surface area contributed by atoms with Crippen molar-refractivity contribution in [2.24, 2.45) is 0 Å². The molecule has 0 fully saturated rings. The van der Waals surface area contributed by atoms with Gasteiger partial charge in [-0.05, 0) is 129 Å². The zero-order valence-electron chi connectivity index (χ0n) is 23.4. The van der Waals surface area contributed by atoms with E-state index in [1.807, 2.05) is 0 Å². The Bertz CT molecular complexity index is 1690. The highest BCUT2D eigenvalue weighted by Crippen LogP contribution is 2.43. The SMILES string of the molecule is CCC1=C(C)c2cc3[nH]c(cc4[nH]c(cc5nc6c(c1n2)CCCC6=C5C)c(CC)c4C)c(CC)c3C. The summed E-state index contributed by atoms with van der Waals surface area (Å²) in [4.78, 5) is 18.1. The van der Waals surface area contributed by atoms with E-state index in [-0.39, 0.29) is 0 Å². The molecule has 0 spiro atoms. The average Bonchev–Trinajstić information content (AvgIpc) is 3.57. The Balaban J connectivity index is 1.84. The van der Waals surface area contributed by atoms with Gasteiger partial charge in [0.1, 0.15) is 0 Å². The number of rotatable bonds is 3. The molecule has 0 saturated carbocycles. The smallest absolute Gasteiger partial charge is 0.0726 e. The Morgan fingerprint density at radius 2 is 1.22 bits per heavy atom. The number of aromatic amines is 2. The summed E-state index contributed by atoms with van der Waals surface area (Å²) in [6.07, 6.45) is 6.24. The van der Waals surface area contributed by atoms with Crippen LogP contribution in [0.25, 0.3) is 44.4 Å². The van der Waals surface area contributed by atoms with Crippen LogP contribution in [0, 0.1) is 13.8 Å². The van der Waals surface area contributed by atoms with E-state index < -0.39 is 0 Å². The summed E-state index contributed by atoms with van der Waals surface area (Å²) in [6, 6.07) is 6.86. The lowest BCUT2D eigenvalue weighted by molar-refractivity contribution is 0.810. The summed E-state index contributed by atoms with van der Waals surface area (Å²) >= 11 is 0. The van der Waals surface area contributed by atoms with Crippen LogP contribution in [0.1, 0.15) is 104 Å². The van der Waals surface area contributed by atoms with Crippen molar-refractivity contribution in [2.45, 2.75) is 87.0 Å². The van der Waals surface area contributed by atoms with E-state index in [0.29, 0.717) is 0 Å². The zero-order chi connectivity index (χ0) is 26.0. The first-order chi connectivity index (χ1) is 17.9. The fraction of sp³-hybridized carbons (Fsp3) is 0.394. The minimum atomic E-state index is 0.979. The van der Waals surface area contributed by atoms with E-state index in [4.69, 9.17) is 9.97 Å². The molecule has 0 amide bonds. The Kier molecular flexibility index (Phi) is 5.74. The van der Waals surface area contributed by atoms with Crippen LogP contribution in [-0.2, 0) is 19.3 Å². The van der Waals surface area contributed by atoms with E-state index in [1.165, 1.54) is 78.0 Å². The summed E-state index contributed by atoms with van der Waals surface area (Å²) in [5.41, 5.74) is 21.4. The highest BCUT2D eigenvalue weighted by atomic mass is 14.8. The number of aryl methyl sites for hydroxylation is 4. The summed E-state index contributed by atoms with van der Waals surface area (Å²) < 4.78 is 0. The Morgan fingerprint density at radius 3 is 1.86 bits per heavy atom. The number of hydrogen-bond donors (Lipinski definition) is 2. The van der Waals surface area contributed by atoms with Gasteiger partial charge in [0.15, 0.2) is 0 Å². The number of fused-ring (bicyclic) bond motifs is 8. The lowest BCUT2D eigenvalue weighted by Gasteiger charge is -2.17. The number of H-pyrrole nitrogens is 2. The third-order valence-corrected chi connectivity index (χ3v) is 8.95. The average molecular weight is 491 g/mol. The first-order valence-corrected chi connectivity index (χ1v) is 14.0. The van der Waals surface area contributed by atoms with Gasteiger partial charge in [-0.1, -0.05) is 20.8 Å². The third kappa shape index (κ3) is 3.56. The van der Waals surface area contributed by atoms with Gasteiger partial charge in [0.05, 0.1) is 22.8 Å². The van der Waals surface area contributed by atoms with E-state index in [0.717, 1.165) is 55.4 Å². The summed E-state index contributed by atoms with van der Waals surface area (Å²) in [6.45, 7) is 15.7. The van der Waals surface area contributed by atoms with Crippen LogP contribution in [0.5, 0.6) is 0 Å². The maximum Gasteiger partial charge on any atom is 0.0726 e. The van der Waals surface area contributed by atoms with Crippen molar-refractivity contribution >= 4 is 44.4 Å². The van der Waals surface area contributed by atoms with Crippen LogP contribution < -0.4 is 0 Å². The molecule has 3 aliphatic rings. The maximum atomic E-state index is 5.30. The normalized spacial score (nSPS) is 15.2. The molecule has 2 N–H and O–H groups in total. The Labute approximate surface area is 220 Å². The van der Waals surface area contributed by atoms with Gasteiger partial charge in [0.25, 0.3) is 0 Å². The molecular formula is C33H38N4. The summed E-state index contributed by atoms with van der Waals surface area (Å²) in [5.74, 6) is 0. The standard InChI is InChI=1S/C33H38N4/c1-8-21-17(4)26-14-28-19(6)23(10-3)32(36-28)25-13-11-12-24-20(7)29(37-33(24)25)16-31-22(9-2)18(5)27(35-31)15-30(21)34-26/h14-16,34-35H,8-13H2,1-7H3. The molecule has 8 bridgehead atoms. The number of nitrogens with zero attached hydrogens (tertiary/aromatic N) is 2. The molecule has 0 unspecified atom stereocenters. The minimum absolute atomic E-state index is 0.979. The highest BCUT2D eigenvalue weighted by molar-refractivity contribution is 5.97. The van der Waals surface area contributed by atoms with E-state index in [9.17, 15) is 0 Å². The van der Waals surface area contributed by atoms with Gasteiger partial charge in [-0.3, -0.25) is 0 Å². The van der Waals surface area contributed by atoms with E-state index in [2.05, 4.69) is 76.6 Å². The molecule has 0 saturated heterocycles. The topological polar surface area (TPSA) is 57.4 Å². The first kappa shape index (κ1) is 24.0. The fourth-order valence-corrected chi connectivity index (χ4v) is 6.74. The van der Waals surface area contributed by atoms with Crippen molar-refractivity contribution in [3.63, 3.8) is 0 Å². The largest absolute Gasteiger partial charge is 0.355 e. The van der Waals surface area contributed by atoms with E-state index >= 15 is 0 Å². The molecule has 37 heavy (non-hydrogen) atoms. The maximum absolute atomic E-state index is 5.30. The van der Waals surface area contributed by atoms with Gasteiger partial charge in [0.2, 0.25) is 0 Å². The molecule has 2 aliphatic heterocycles. The van der Waals surface area contributed by atoms with Gasteiger partial charge >= 0.3 is 0 Å². The number of hydrogen-bond acceptors (Lipinski definition) is 2. The molecule has 1 aliphatic carbocycles. The molecule has 0 atom stereocenters. The molecular weight excluding hydrogens is 452 g/mol. The second-order valence-corrected chi connectivity index (χ2v) is 10.8. The quantitative estimate of drug-likeness (QED) is 0.386. The van der Waals surface area contributed by atoms with Crippen LogP contribution in [0.4, 0.5) is 0 Å². The first-order valence-electron chi connectivity index (χ1n) is 14.0. The minimum Gasteiger partial charge on any atom is -0.355 e. The van der Waals surface area contributed by atoms with Crippen LogP contribution in [0.2, 0.25) is 0 Å². The van der Waals surface area contributed by atoms with Crippen molar-refractivity contribution in [3.8, 4) is 0 Å². The van der Waals surface area contributed by atoms with Crippen LogP contribution >= 0.6 is 0 Å². The van der Waals surface area contributed by atoms with Gasteiger partial charge < -0.3 is 9.97 Å². The van der Waals surface area contributed by atoms with Crippen molar-refractivity contribution in [3.05, 3.63) is 68.8 Å². The number of aromatic nitrogens is 4. The molecule has 190 valence electrons. The van der Waals surface area contributed by atoms with Gasteiger partial charge in [0, 0.05) is 27.6 Å². The Morgan fingerprint density at radius 1 is 0.649 bits per heavy atom. The third-order valence-electron chi connectivity index (χ3n) is 8.95. The Hall–Kier alpha value is -3.40. The lowest BCUT2D eigenvalue weighted by atomic mass is 9.87. The monoisotopic (exact) mass is 490 g/mol. The second kappa shape index (κ2) is 8.86. The molecule has 3 aromatic heterocycles. The number of nitrogens with one attached hydrogen (secondary N) is 2.